The van der Waals surface area contributed by atoms with Crippen LogP contribution in [0.1, 0.15) is 24.5 Å². The third-order valence-corrected chi connectivity index (χ3v) is 4.07. The van der Waals surface area contributed by atoms with E-state index in [1.807, 2.05) is 6.92 Å². The lowest BCUT2D eigenvalue weighted by atomic mass is 10.1. The number of thioether (sulfide) groups is 1. The molecule has 1 heterocycles. The number of rotatable bonds is 7. The van der Waals surface area contributed by atoms with E-state index in [-0.39, 0.29) is 16.7 Å². The van der Waals surface area contributed by atoms with Crippen LogP contribution in [0.4, 0.5) is 0 Å². The Labute approximate surface area is 155 Å². The van der Waals surface area contributed by atoms with Crippen molar-refractivity contribution in [1.82, 2.24) is 5.32 Å². The molecule has 0 aromatic heterocycles. The van der Waals surface area contributed by atoms with Gasteiger partial charge in [-0.2, -0.15) is 5.10 Å². The second kappa shape index (κ2) is 9.73. The minimum absolute atomic E-state index is 0.150. The minimum Gasteiger partial charge on any atom is -0.493 e. The summed E-state index contributed by atoms with van der Waals surface area (Å²) >= 11 is 0.993. The number of carbonyl (C=O) groups is 2. The molecule has 0 saturated carbocycles. The second-order valence-electron chi connectivity index (χ2n) is 5.11. The van der Waals surface area contributed by atoms with Crippen molar-refractivity contribution < 1.29 is 24.2 Å². The summed E-state index contributed by atoms with van der Waals surface area (Å²) in [6, 6.07) is 5.30. The molecule has 0 atom stereocenters. The summed E-state index contributed by atoms with van der Waals surface area (Å²) in [6.07, 6.45) is 3.46. The lowest BCUT2D eigenvalue weighted by molar-refractivity contribution is -0.135. The number of ether oxygens (including phenoxy) is 2. The van der Waals surface area contributed by atoms with Crippen molar-refractivity contribution in [2.75, 3.05) is 13.7 Å². The number of carbonyl (C=O) groups excluding carboxylic acids is 2. The molecule has 9 heteroatoms. The van der Waals surface area contributed by atoms with Gasteiger partial charge >= 0.3 is 5.97 Å². The van der Waals surface area contributed by atoms with Crippen LogP contribution in [-0.4, -0.2) is 42.1 Å². The first-order valence-electron chi connectivity index (χ1n) is 7.83. The van der Waals surface area contributed by atoms with Crippen LogP contribution >= 0.6 is 11.8 Å². The number of nitrogens with one attached hydrogen (secondary N) is 1. The summed E-state index contributed by atoms with van der Waals surface area (Å²) in [5.74, 6) is -0.419. The highest BCUT2D eigenvalue weighted by Crippen LogP contribution is 2.23. The van der Waals surface area contributed by atoms with Crippen molar-refractivity contribution in [2.24, 2.45) is 10.2 Å². The zero-order chi connectivity index (χ0) is 18.9. The van der Waals surface area contributed by atoms with Gasteiger partial charge in [-0.05, 0) is 41.9 Å². The second-order valence-corrected chi connectivity index (χ2v) is 6.14. The maximum atomic E-state index is 11.7. The van der Waals surface area contributed by atoms with Crippen molar-refractivity contribution in [1.29, 1.82) is 0 Å². The van der Waals surface area contributed by atoms with Crippen molar-refractivity contribution in [2.45, 2.75) is 20.0 Å². The molecule has 138 valence electrons. The van der Waals surface area contributed by atoms with E-state index in [0.29, 0.717) is 17.9 Å². The molecule has 0 spiro atoms. The molecule has 2 rings (SSSR count). The first-order chi connectivity index (χ1) is 12.6. The first-order valence-corrected chi connectivity index (χ1v) is 8.65. The van der Waals surface area contributed by atoms with E-state index in [2.05, 4.69) is 20.3 Å². The standard InChI is InChI=1S/C17H19N3O5S/c1-3-6-25-13-5-4-11(7-12(13)10-21)9-18-20-17-19-16(23)14(26-17)8-15(22)24-2/h4-5,7-9,21H,3,6,10H2,1-2H3,(H,19,20,23)/b14-8+,18-9?. The van der Waals surface area contributed by atoms with Crippen molar-refractivity contribution >= 4 is 35.0 Å². The molecule has 1 aliphatic heterocycles. The van der Waals surface area contributed by atoms with E-state index in [9.17, 15) is 14.7 Å². The van der Waals surface area contributed by atoms with Gasteiger partial charge in [-0.3, -0.25) is 10.1 Å². The van der Waals surface area contributed by atoms with E-state index in [1.54, 1.807) is 18.2 Å². The molecule has 1 aromatic carbocycles. The predicted octanol–water partition coefficient (Wildman–Crippen LogP) is 1.58. The van der Waals surface area contributed by atoms with E-state index in [1.165, 1.54) is 13.3 Å². The summed E-state index contributed by atoms with van der Waals surface area (Å²) in [7, 11) is 1.23. The zero-order valence-electron chi connectivity index (χ0n) is 14.4. The molecule has 1 fully saturated rings. The molecule has 2 N–H and O–H groups in total. The van der Waals surface area contributed by atoms with Gasteiger partial charge < -0.3 is 14.6 Å². The number of aliphatic hydroxyl groups is 1. The van der Waals surface area contributed by atoms with E-state index in [0.717, 1.165) is 29.8 Å². The fraction of sp³-hybridized carbons (Fsp3) is 0.294. The predicted molar refractivity (Wildman–Crippen MR) is 99.0 cm³/mol. The van der Waals surface area contributed by atoms with Gasteiger partial charge in [0.15, 0.2) is 5.17 Å². The van der Waals surface area contributed by atoms with Crippen LogP contribution in [0.3, 0.4) is 0 Å². The molecule has 0 unspecified atom stereocenters. The molecule has 8 nitrogen and oxygen atoms in total. The molecule has 0 radical (unpaired) electrons. The number of esters is 1. The summed E-state index contributed by atoms with van der Waals surface area (Å²) in [6.45, 7) is 2.43. The average Bonchev–Trinajstić information content (AvgIpc) is 2.99. The monoisotopic (exact) mass is 377 g/mol. The smallest absolute Gasteiger partial charge is 0.331 e. The molecule has 1 amide bonds. The highest BCUT2D eigenvalue weighted by molar-refractivity contribution is 8.18. The molecule has 26 heavy (non-hydrogen) atoms. The van der Waals surface area contributed by atoms with Gasteiger partial charge in [0, 0.05) is 11.6 Å². The molecular weight excluding hydrogens is 358 g/mol. The summed E-state index contributed by atoms with van der Waals surface area (Å²) in [5.41, 5.74) is 1.38. The van der Waals surface area contributed by atoms with Crippen LogP contribution in [0.2, 0.25) is 0 Å². The highest BCUT2D eigenvalue weighted by atomic mass is 32.2. The molecule has 1 aromatic rings. The van der Waals surface area contributed by atoms with Crippen LogP contribution in [0, 0.1) is 0 Å². The Balaban J connectivity index is 2.06. The zero-order valence-corrected chi connectivity index (χ0v) is 15.2. The van der Waals surface area contributed by atoms with Gasteiger partial charge in [0.25, 0.3) is 5.91 Å². The Bertz CT molecular complexity index is 774. The number of amides is 1. The number of amidine groups is 1. The molecular formula is C17H19N3O5S. The van der Waals surface area contributed by atoms with Gasteiger partial charge in [0.05, 0.1) is 31.4 Å². The fourth-order valence-corrected chi connectivity index (χ4v) is 2.68. The van der Waals surface area contributed by atoms with Gasteiger partial charge in [0.2, 0.25) is 0 Å². The Hall–Kier alpha value is -2.65. The van der Waals surface area contributed by atoms with Crippen molar-refractivity contribution in [3.8, 4) is 5.75 Å². The van der Waals surface area contributed by atoms with Gasteiger partial charge in [0.1, 0.15) is 5.75 Å². The van der Waals surface area contributed by atoms with Gasteiger partial charge in [-0.25, -0.2) is 4.79 Å². The molecule has 0 bridgehead atoms. The third-order valence-electron chi connectivity index (χ3n) is 3.17. The Morgan fingerprint density at radius 1 is 1.42 bits per heavy atom. The van der Waals surface area contributed by atoms with Gasteiger partial charge in [-0.1, -0.05) is 6.92 Å². The summed E-state index contributed by atoms with van der Waals surface area (Å²) < 4.78 is 10.0. The Morgan fingerprint density at radius 2 is 2.23 bits per heavy atom. The first kappa shape index (κ1) is 19.7. The molecule has 1 saturated heterocycles. The normalized spacial score (nSPS) is 17.1. The maximum Gasteiger partial charge on any atom is 0.331 e. The van der Waals surface area contributed by atoms with Gasteiger partial charge in [-0.15, -0.1) is 5.10 Å². The van der Waals surface area contributed by atoms with Crippen LogP contribution in [0.25, 0.3) is 0 Å². The fourth-order valence-electron chi connectivity index (χ4n) is 1.95. The lowest BCUT2D eigenvalue weighted by Crippen LogP contribution is -2.19. The van der Waals surface area contributed by atoms with Crippen LogP contribution in [0.15, 0.2) is 39.4 Å². The Morgan fingerprint density at radius 3 is 2.92 bits per heavy atom. The van der Waals surface area contributed by atoms with Crippen LogP contribution in [-0.2, 0) is 20.9 Å². The number of methoxy groups -OCH3 is 1. The maximum absolute atomic E-state index is 11.7. The number of nitrogens with zero attached hydrogens (tertiary/aromatic N) is 2. The van der Waals surface area contributed by atoms with Crippen molar-refractivity contribution in [3.05, 3.63) is 40.3 Å². The third kappa shape index (κ3) is 5.43. The highest BCUT2D eigenvalue weighted by Gasteiger charge is 2.24. The average molecular weight is 377 g/mol. The van der Waals surface area contributed by atoms with E-state index in [4.69, 9.17) is 4.74 Å². The van der Waals surface area contributed by atoms with E-state index < -0.39 is 11.9 Å². The number of aliphatic hydroxyl groups excluding tert-OH is 1. The SMILES string of the molecule is CCCOc1ccc(C=N/N=C2/NC(=O)/C(=C\C(=O)OC)S2)cc1CO. The largest absolute Gasteiger partial charge is 0.493 e. The summed E-state index contributed by atoms with van der Waals surface area (Å²) in [5, 5.41) is 20.0. The number of benzene rings is 1. The topological polar surface area (TPSA) is 110 Å². The number of hydrogen-bond donors (Lipinski definition) is 2. The minimum atomic E-state index is -0.616. The van der Waals surface area contributed by atoms with Crippen molar-refractivity contribution in [3.63, 3.8) is 0 Å². The lowest BCUT2D eigenvalue weighted by Gasteiger charge is -2.09. The quantitative estimate of drug-likeness (QED) is 0.323. The van der Waals surface area contributed by atoms with Crippen LogP contribution < -0.4 is 10.1 Å². The summed E-state index contributed by atoms with van der Waals surface area (Å²) in [4.78, 5) is 23.1. The molecule has 0 aliphatic carbocycles. The molecule has 1 aliphatic rings. The Kier molecular flexibility index (Phi) is 7.37. The van der Waals surface area contributed by atoms with Crippen LogP contribution in [0.5, 0.6) is 5.75 Å². The number of hydrogen-bond acceptors (Lipinski definition) is 8. The van der Waals surface area contributed by atoms with E-state index >= 15 is 0 Å².